The SMILES string of the molecule is N#Cc1ncn(-c2nc(C(N)=O)ccc2N)n1. The molecule has 0 radical (unpaired) electrons. The molecular weight excluding hydrogens is 222 g/mol. The van der Waals surface area contributed by atoms with E-state index in [1.54, 1.807) is 6.07 Å². The van der Waals surface area contributed by atoms with Crippen molar-refractivity contribution in [3.8, 4) is 11.9 Å². The highest BCUT2D eigenvalue weighted by atomic mass is 16.1. The van der Waals surface area contributed by atoms with Gasteiger partial charge in [0.25, 0.3) is 11.7 Å². The zero-order chi connectivity index (χ0) is 12.4. The second-order valence-corrected chi connectivity index (χ2v) is 3.10. The van der Waals surface area contributed by atoms with Crippen molar-refractivity contribution in [2.24, 2.45) is 5.73 Å². The van der Waals surface area contributed by atoms with Crippen LogP contribution < -0.4 is 11.5 Å². The van der Waals surface area contributed by atoms with Crippen LogP contribution in [0.3, 0.4) is 0 Å². The highest BCUT2D eigenvalue weighted by molar-refractivity contribution is 5.91. The maximum atomic E-state index is 11.0. The first kappa shape index (κ1) is 10.6. The van der Waals surface area contributed by atoms with Gasteiger partial charge in [0.1, 0.15) is 18.1 Å². The highest BCUT2D eigenvalue weighted by Gasteiger charge is 2.10. The van der Waals surface area contributed by atoms with Crippen LogP contribution in [-0.2, 0) is 0 Å². The molecule has 0 aliphatic carbocycles. The van der Waals surface area contributed by atoms with Gasteiger partial charge in [-0.2, -0.15) is 9.94 Å². The summed E-state index contributed by atoms with van der Waals surface area (Å²) in [4.78, 5) is 18.6. The Balaban J connectivity index is 2.54. The van der Waals surface area contributed by atoms with Crippen LogP contribution in [0, 0.1) is 11.3 Å². The van der Waals surface area contributed by atoms with E-state index < -0.39 is 5.91 Å². The lowest BCUT2D eigenvalue weighted by molar-refractivity contribution is 0.0995. The maximum Gasteiger partial charge on any atom is 0.267 e. The summed E-state index contributed by atoms with van der Waals surface area (Å²) >= 11 is 0. The van der Waals surface area contributed by atoms with Crippen LogP contribution in [0.5, 0.6) is 0 Å². The predicted octanol–water partition coefficient (Wildman–Crippen LogP) is -0.785. The number of nitrogens with zero attached hydrogens (tertiary/aromatic N) is 5. The number of primary amides is 1. The molecule has 0 aliphatic heterocycles. The molecule has 0 aromatic carbocycles. The van der Waals surface area contributed by atoms with Crippen LogP contribution in [0.2, 0.25) is 0 Å². The Kier molecular flexibility index (Phi) is 2.42. The summed E-state index contributed by atoms with van der Waals surface area (Å²) in [6, 6.07) is 4.66. The van der Waals surface area contributed by atoms with Gasteiger partial charge in [-0.1, -0.05) is 0 Å². The standard InChI is InChI=1S/C9H7N7O/c10-3-7-13-4-16(15-7)9-5(11)1-2-6(14-9)8(12)17/h1-2,4H,11H2,(H2,12,17). The number of nitrogen functional groups attached to an aromatic ring is 1. The van der Waals surface area contributed by atoms with Gasteiger partial charge >= 0.3 is 0 Å². The van der Waals surface area contributed by atoms with Crippen LogP contribution in [0.4, 0.5) is 5.69 Å². The van der Waals surface area contributed by atoms with E-state index >= 15 is 0 Å². The fourth-order valence-corrected chi connectivity index (χ4v) is 1.20. The minimum Gasteiger partial charge on any atom is -0.396 e. The van der Waals surface area contributed by atoms with Crippen molar-refractivity contribution in [2.45, 2.75) is 0 Å². The minimum absolute atomic E-state index is 0.0179. The number of anilines is 1. The van der Waals surface area contributed by atoms with Crippen molar-refractivity contribution in [3.63, 3.8) is 0 Å². The van der Waals surface area contributed by atoms with Crippen LogP contribution in [-0.4, -0.2) is 25.7 Å². The van der Waals surface area contributed by atoms with Gasteiger partial charge < -0.3 is 11.5 Å². The molecule has 1 amide bonds. The first-order valence-corrected chi connectivity index (χ1v) is 4.50. The molecule has 84 valence electrons. The number of hydrogen-bond donors (Lipinski definition) is 2. The second kappa shape index (κ2) is 3.90. The summed E-state index contributed by atoms with van der Waals surface area (Å²) in [6.45, 7) is 0. The van der Waals surface area contributed by atoms with E-state index in [0.717, 1.165) is 0 Å². The first-order chi connectivity index (χ1) is 8.11. The fraction of sp³-hybridized carbons (Fsp3) is 0. The monoisotopic (exact) mass is 229 g/mol. The van der Waals surface area contributed by atoms with E-state index in [-0.39, 0.29) is 17.3 Å². The summed E-state index contributed by atoms with van der Waals surface area (Å²) < 4.78 is 1.21. The number of nitrogens with two attached hydrogens (primary N) is 2. The highest BCUT2D eigenvalue weighted by Crippen LogP contribution is 2.13. The van der Waals surface area contributed by atoms with E-state index in [1.165, 1.54) is 23.1 Å². The second-order valence-electron chi connectivity index (χ2n) is 3.10. The van der Waals surface area contributed by atoms with Crippen molar-refractivity contribution in [1.82, 2.24) is 19.7 Å². The lowest BCUT2D eigenvalue weighted by Gasteiger charge is -2.04. The summed E-state index contributed by atoms with van der Waals surface area (Å²) in [6.07, 6.45) is 1.28. The summed E-state index contributed by atoms with van der Waals surface area (Å²) in [7, 11) is 0. The van der Waals surface area contributed by atoms with Gasteiger partial charge in [0.2, 0.25) is 0 Å². The molecule has 0 aliphatic rings. The van der Waals surface area contributed by atoms with E-state index in [9.17, 15) is 4.79 Å². The van der Waals surface area contributed by atoms with E-state index in [1.807, 2.05) is 0 Å². The average Bonchev–Trinajstić information content (AvgIpc) is 2.77. The van der Waals surface area contributed by atoms with Crippen molar-refractivity contribution in [3.05, 3.63) is 30.0 Å². The van der Waals surface area contributed by atoms with Crippen molar-refractivity contribution in [2.75, 3.05) is 5.73 Å². The Bertz CT molecular complexity index is 625. The molecule has 2 rings (SSSR count). The van der Waals surface area contributed by atoms with Gasteiger partial charge in [-0.15, -0.1) is 5.10 Å². The number of rotatable bonds is 2. The van der Waals surface area contributed by atoms with Gasteiger partial charge in [0.15, 0.2) is 5.82 Å². The lowest BCUT2D eigenvalue weighted by Crippen LogP contribution is -2.15. The van der Waals surface area contributed by atoms with Gasteiger partial charge in [-0.05, 0) is 12.1 Å². The zero-order valence-corrected chi connectivity index (χ0v) is 8.53. The molecular formula is C9H7N7O. The Labute approximate surface area is 95.5 Å². The zero-order valence-electron chi connectivity index (χ0n) is 8.53. The third-order valence-electron chi connectivity index (χ3n) is 1.97. The van der Waals surface area contributed by atoms with Gasteiger partial charge in [0.05, 0.1) is 5.69 Å². The van der Waals surface area contributed by atoms with E-state index in [0.29, 0.717) is 5.69 Å². The third kappa shape index (κ3) is 1.89. The Morgan fingerprint density at radius 1 is 1.47 bits per heavy atom. The topological polar surface area (TPSA) is 136 Å². The number of pyridine rings is 1. The van der Waals surface area contributed by atoms with Crippen LogP contribution >= 0.6 is 0 Å². The average molecular weight is 229 g/mol. The molecule has 0 atom stereocenters. The molecule has 17 heavy (non-hydrogen) atoms. The quantitative estimate of drug-likeness (QED) is 0.692. The first-order valence-electron chi connectivity index (χ1n) is 4.50. The van der Waals surface area contributed by atoms with E-state index in [2.05, 4.69) is 15.1 Å². The van der Waals surface area contributed by atoms with Gasteiger partial charge in [-0.25, -0.2) is 9.97 Å². The van der Waals surface area contributed by atoms with Crippen molar-refractivity contribution < 1.29 is 4.79 Å². The summed E-state index contributed by atoms with van der Waals surface area (Å²) in [5.41, 5.74) is 11.1. The number of hydrogen-bond acceptors (Lipinski definition) is 6. The van der Waals surface area contributed by atoms with Crippen molar-refractivity contribution >= 4 is 11.6 Å². The molecule has 4 N–H and O–H groups in total. The van der Waals surface area contributed by atoms with Gasteiger partial charge in [-0.3, -0.25) is 4.79 Å². The Hall–Kier alpha value is -2.95. The molecule has 2 heterocycles. The fourth-order valence-electron chi connectivity index (χ4n) is 1.20. The number of amides is 1. The molecule has 2 aromatic heterocycles. The summed E-state index contributed by atoms with van der Waals surface area (Å²) in [5, 5.41) is 12.4. The molecule has 0 unspecified atom stereocenters. The number of carbonyl (C=O) groups excluding carboxylic acids is 1. The smallest absolute Gasteiger partial charge is 0.267 e. The Morgan fingerprint density at radius 2 is 2.24 bits per heavy atom. The molecule has 0 spiro atoms. The van der Waals surface area contributed by atoms with Gasteiger partial charge in [0, 0.05) is 0 Å². The molecule has 0 saturated carbocycles. The predicted molar refractivity (Wildman–Crippen MR) is 56.8 cm³/mol. The maximum absolute atomic E-state index is 11.0. The molecule has 8 heteroatoms. The summed E-state index contributed by atoms with van der Waals surface area (Å²) in [5.74, 6) is -0.488. The van der Waals surface area contributed by atoms with Crippen LogP contribution in [0.1, 0.15) is 16.3 Å². The van der Waals surface area contributed by atoms with E-state index in [4.69, 9.17) is 16.7 Å². The number of carbonyl (C=O) groups is 1. The molecule has 2 aromatic rings. The lowest BCUT2D eigenvalue weighted by atomic mass is 10.3. The molecule has 0 fully saturated rings. The van der Waals surface area contributed by atoms with Crippen molar-refractivity contribution in [1.29, 1.82) is 5.26 Å². The normalized spacial score (nSPS) is 9.82. The minimum atomic E-state index is -0.674. The van der Waals surface area contributed by atoms with Crippen LogP contribution in [0.15, 0.2) is 18.5 Å². The molecule has 0 saturated heterocycles. The molecule has 0 bridgehead atoms. The molecule has 8 nitrogen and oxygen atoms in total. The number of nitriles is 1. The number of aromatic nitrogens is 4. The van der Waals surface area contributed by atoms with Crippen LogP contribution in [0.25, 0.3) is 5.82 Å². The Morgan fingerprint density at radius 3 is 2.82 bits per heavy atom. The third-order valence-corrected chi connectivity index (χ3v) is 1.97. The largest absolute Gasteiger partial charge is 0.396 e.